The van der Waals surface area contributed by atoms with Crippen LogP contribution in [0.25, 0.3) is 0 Å². The van der Waals surface area contributed by atoms with Crippen molar-refractivity contribution < 1.29 is 9.53 Å². The quantitative estimate of drug-likeness (QED) is 0.660. The van der Waals surface area contributed by atoms with E-state index in [1.165, 1.54) is 20.0 Å². The van der Waals surface area contributed by atoms with Gasteiger partial charge in [0.25, 0.3) is 0 Å². The second-order valence-electron chi connectivity index (χ2n) is 4.34. The summed E-state index contributed by atoms with van der Waals surface area (Å²) >= 11 is 0. The second-order valence-corrected chi connectivity index (χ2v) is 4.34. The minimum absolute atomic E-state index is 0.193. The fourth-order valence-corrected chi connectivity index (χ4v) is 2.12. The molecule has 0 bridgehead atoms. The molecule has 4 heteroatoms. The van der Waals surface area contributed by atoms with Crippen molar-refractivity contribution in [3.63, 3.8) is 0 Å². The maximum Gasteiger partial charge on any atom is 0.322 e. The normalized spacial score (nSPS) is 24.9. The molecule has 2 N–H and O–H groups in total. The molecule has 15 heavy (non-hydrogen) atoms. The first kappa shape index (κ1) is 12.5. The summed E-state index contributed by atoms with van der Waals surface area (Å²) in [4.78, 5) is 11.2. The fourth-order valence-electron chi connectivity index (χ4n) is 2.12. The summed E-state index contributed by atoms with van der Waals surface area (Å²) in [6.07, 6.45) is 3.59. The Morgan fingerprint density at radius 2 is 2.33 bits per heavy atom. The van der Waals surface area contributed by atoms with E-state index in [9.17, 15) is 4.79 Å². The molecule has 0 spiro atoms. The van der Waals surface area contributed by atoms with Gasteiger partial charge in [-0.1, -0.05) is 0 Å². The number of hydrogen-bond donors (Lipinski definition) is 2. The molecule has 1 heterocycles. The first-order chi connectivity index (χ1) is 7.13. The van der Waals surface area contributed by atoms with E-state index >= 15 is 0 Å². The molecular formula is C11H22N2O2. The molecule has 1 rings (SSSR count). The molecule has 0 aromatic heterocycles. The van der Waals surface area contributed by atoms with Gasteiger partial charge in [-0.25, -0.2) is 0 Å². The van der Waals surface area contributed by atoms with Gasteiger partial charge in [-0.05, 0) is 39.7 Å². The predicted octanol–water partition coefficient (Wildman–Crippen LogP) is 0.668. The number of ether oxygens (including phenoxy) is 1. The molecule has 4 nitrogen and oxygen atoms in total. The van der Waals surface area contributed by atoms with E-state index in [2.05, 4.69) is 22.3 Å². The SMILES string of the molecule is COC(=O)[C@H](C)NC(C)CC1CCCN1. The Morgan fingerprint density at radius 3 is 2.87 bits per heavy atom. The molecule has 0 aromatic rings. The summed E-state index contributed by atoms with van der Waals surface area (Å²) in [5, 5.41) is 6.69. The summed E-state index contributed by atoms with van der Waals surface area (Å²) in [5.41, 5.74) is 0. The van der Waals surface area contributed by atoms with Gasteiger partial charge in [-0.3, -0.25) is 4.79 Å². The molecule has 1 fully saturated rings. The van der Waals surface area contributed by atoms with Crippen molar-refractivity contribution in [1.82, 2.24) is 10.6 Å². The lowest BCUT2D eigenvalue weighted by Gasteiger charge is -2.21. The molecule has 0 radical (unpaired) electrons. The number of esters is 1. The number of rotatable bonds is 5. The molecular weight excluding hydrogens is 192 g/mol. The zero-order chi connectivity index (χ0) is 11.3. The number of nitrogens with one attached hydrogen (secondary N) is 2. The molecule has 0 aromatic carbocycles. The third-order valence-electron chi connectivity index (χ3n) is 2.89. The molecule has 1 aliphatic rings. The molecule has 0 amide bonds. The highest BCUT2D eigenvalue weighted by atomic mass is 16.5. The van der Waals surface area contributed by atoms with Gasteiger partial charge in [0, 0.05) is 12.1 Å². The van der Waals surface area contributed by atoms with Gasteiger partial charge < -0.3 is 15.4 Å². The van der Waals surface area contributed by atoms with Crippen LogP contribution in [-0.4, -0.2) is 37.7 Å². The van der Waals surface area contributed by atoms with E-state index < -0.39 is 0 Å². The van der Waals surface area contributed by atoms with E-state index in [1.807, 2.05) is 6.92 Å². The van der Waals surface area contributed by atoms with Crippen molar-refractivity contribution >= 4 is 5.97 Å². The molecule has 3 atom stereocenters. The van der Waals surface area contributed by atoms with Gasteiger partial charge in [0.15, 0.2) is 0 Å². The van der Waals surface area contributed by atoms with E-state index in [-0.39, 0.29) is 12.0 Å². The summed E-state index contributed by atoms with van der Waals surface area (Å²) in [6.45, 7) is 5.08. The van der Waals surface area contributed by atoms with Crippen LogP contribution in [-0.2, 0) is 9.53 Å². The van der Waals surface area contributed by atoms with Gasteiger partial charge in [-0.2, -0.15) is 0 Å². The molecule has 88 valence electrons. The molecule has 0 aliphatic carbocycles. The van der Waals surface area contributed by atoms with E-state index in [0.717, 1.165) is 13.0 Å². The number of carbonyl (C=O) groups excluding carboxylic acids is 1. The lowest BCUT2D eigenvalue weighted by Crippen LogP contribution is -2.43. The monoisotopic (exact) mass is 214 g/mol. The molecule has 0 saturated carbocycles. The first-order valence-electron chi connectivity index (χ1n) is 5.70. The van der Waals surface area contributed by atoms with Crippen molar-refractivity contribution in [3.05, 3.63) is 0 Å². The molecule has 1 saturated heterocycles. The van der Waals surface area contributed by atoms with Gasteiger partial charge in [0.2, 0.25) is 0 Å². The zero-order valence-electron chi connectivity index (χ0n) is 9.88. The summed E-state index contributed by atoms with van der Waals surface area (Å²) in [6, 6.07) is 0.735. The number of carbonyl (C=O) groups is 1. The van der Waals surface area contributed by atoms with Crippen LogP contribution < -0.4 is 10.6 Å². The van der Waals surface area contributed by atoms with Crippen LogP contribution in [0.4, 0.5) is 0 Å². The topological polar surface area (TPSA) is 50.4 Å². The van der Waals surface area contributed by atoms with Crippen LogP contribution in [0, 0.1) is 0 Å². The third-order valence-corrected chi connectivity index (χ3v) is 2.89. The van der Waals surface area contributed by atoms with Crippen LogP contribution in [0.15, 0.2) is 0 Å². The largest absolute Gasteiger partial charge is 0.468 e. The third kappa shape index (κ3) is 4.18. The van der Waals surface area contributed by atoms with E-state index in [1.54, 1.807) is 0 Å². The standard InChI is InChI=1S/C11H22N2O2/c1-8(7-10-5-4-6-12-10)13-9(2)11(14)15-3/h8-10,12-13H,4-7H2,1-3H3/t8?,9-,10?/m0/s1. The van der Waals surface area contributed by atoms with Crippen LogP contribution in [0.1, 0.15) is 33.1 Å². The Labute approximate surface area is 91.8 Å². The Morgan fingerprint density at radius 1 is 1.60 bits per heavy atom. The van der Waals surface area contributed by atoms with Crippen molar-refractivity contribution in [3.8, 4) is 0 Å². The fraction of sp³-hybridized carbons (Fsp3) is 0.909. The summed E-state index contributed by atoms with van der Waals surface area (Å²) in [5.74, 6) is -0.193. The van der Waals surface area contributed by atoms with Gasteiger partial charge in [0.1, 0.15) is 6.04 Å². The van der Waals surface area contributed by atoms with Gasteiger partial charge >= 0.3 is 5.97 Å². The predicted molar refractivity (Wildman–Crippen MR) is 59.7 cm³/mol. The number of methoxy groups -OCH3 is 1. The Bertz CT molecular complexity index is 203. The van der Waals surface area contributed by atoms with Crippen molar-refractivity contribution in [1.29, 1.82) is 0 Å². The second kappa shape index (κ2) is 6.08. The van der Waals surface area contributed by atoms with Crippen LogP contribution in [0.2, 0.25) is 0 Å². The minimum atomic E-state index is -0.216. The highest BCUT2D eigenvalue weighted by Crippen LogP contribution is 2.11. The first-order valence-corrected chi connectivity index (χ1v) is 5.70. The zero-order valence-corrected chi connectivity index (χ0v) is 9.88. The van der Waals surface area contributed by atoms with E-state index in [4.69, 9.17) is 0 Å². The Balaban J connectivity index is 2.22. The minimum Gasteiger partial charge on any atom is -0.468 e. The lowest BCUT2D eigenvalue weighted by molar-refractivity contribution is -0.142. The maximum absolute atomic E-state index is 11.2. The van der Waals surface area contributed by atoms with Crippen LogP contribution >= 0.6 is 0 Å². The van der Waals surface area contributed by atoms with Crippen LogP contribution in [0.5, 0.6) is 0 Å². The highest BCUT2D eigenvalue weighted by molar-refractivity contribution is 5.75. The maximum atomic E-state index is 11.2. The van der Waals surface area contributed by atoms with Crippen molar-refractivity contribution in [2.24, 2.45) is 0 Å². The Hall–Kier alpha value is -0.610. The average Bonchev–Trinajstić information content (AvgIpc) is 2.68. The van der Waals surface area contributed by atoms with Crippen molar-refractivity contribution in [2.45, 2.75) is 51.2 Å². The summed E-state index contributed by atoms with van der Waals surface area (Å²) < 4.78 is 4.67. The smallest absolute Gasteiger partial charge is 0.322 e. The average molecular weight is 214 g/mol. The molecule has 1 aliphatic heterocycles. The van der Waals surface area contributed by atoms with Gasteiger partial charge in [-0.15, -0.1) is 0 Å². The Kier molecular flexibility index (Phi) is 5.05. The van der Waals surface area contributed by atoms with Gasteiger partial charge in [0.05, 0.1) is 7.11 Å². The highest BCUT2D eigenvalue weighted by Gasteiger charge is 2.20. The number of hydrogen-bond acceptors (Lipinski definition) is 4. The van der Waals surface area contributed by atoms with Crippen LogP contribution in [0.3, 0.4) is 0 Å². The summed E-state index contributed by atoms with van der Waals surface area (Å²) in [7, 11) is 1.42. The van der Waals surface area contributed by atoms with Crippen molar-refractivity contribution in [2.75, 3.05) is 13.7 Å². The van der Waals surface area contributed by atoms with E-state index in [0.29, 0.717) is 12.1 Å². The lowest BCUT2D eigenvalue weighted by atomic mass is 10.1. The molecule has 2 unspecified atom stereocenters.